The van der Waals surface area contributed by atoms with E-state index >= 15 is 0 Å². The molecule has 0 radical (unpaired) electrons. The van der Waals surface area contributed by atoms with E-state index < -0.39 is 12.0 Å². The summed E-state index contributed by atoms with van der Waals surface area (Å²) in [5, 5.41) is 9.12. The Morgan fingerprint density at radius 1 is 1.27 bits per heavy atom. The normalized spacial score (nSPS) is 18.5. The molecule has 22 heavy (non-hydrogen) atoms. The maximum Gasteiger partial charge on any atom is 0.326 e. The van der Waals surface area contributed by atoms with Gasteiger partial charge in [0.05, 0.1) is 5.75 Å². The van der Waals surface area contributed by atoms with E-state index in [1.165, 1.54) is 22.2 Å². The Morgan fingerprint density at radius 3 is 2.45 bits per heavy atom. The van der Waals surface area contributed by atoms with Crippen molar-refractivity contribution in [3.63, 3.8) is 0 Å². The first kappa shape index (κ1) is 16.9. The number of hydrogen-bond donors (Lipinski definition) is 1. The number of thioether (sulfide) groups is 1. The van der Waals surface area contributed by atoms with Gasteiger partial charge in [-0.2, -0.15) is 0 Å². The van der Waals surface area contributed by atoms with E-state index in [0.29, 0.717) is 18.7 Å². The van der Waals surface area contributed by atoms with Crippen LogP contribution in [0.2, 0.25) is 0 Å². The molecule has 1 aliphatic heterocycles. The second kappa shape index (κ2) is 6.73. The number of aliphatic carboxylic acids is 1. The smallest absolute Gasteiger partial charge is 0.326 e. The molecular formula is C17H23NO3S. The largest absolute Gasteiger partial charge is 0.480 e. The highest BCUT2D eigenvalue weighted by molar-refractivity contribution is 8.00. The number of benzene rings is 1. The van der Waals surface area contributed by atoms with Gasteiger partial charge in [-0.1, -0.05) is 32.9 Å². The Kier molecular flexibility index (Phi) is 5.16. The maximum atomic E-state index is 12.2. The van der Waals surface area contributed by atoms with Crippen LogP contribution in [-0.2, 0) is 15.0 Å². The van der Waals surface area contributed by atoms with E-state index in [1.54, 1.807) is 0 Å². The van der Waals surface area contributed by atoms with Gasteiger partial charge in [0.25, 0.3) is 0 Å². The lowest BCUT2D eigenvalue weighted by Gasteiger charge is -2.21. The Balaban J connectivity index is 1.92. The first-order chi connectivity index (χ1) is 10.3. The number of nitrogens with zero attached hydrogens (tertiary/aromatic N) is 1. The molecule has 0 aromatic heterocycles. The summed E-state index contributed by atoms with van der Waals surface area (Å²) in [6.07, 6.45) is 1.33. The summed E-state index contributed by atoms with van der Waals surface area (Å²) >= 11 is 1.46. The van der Waals surface area contributed by atoms with Crippen molar-refractivity contribution in [2.75, 3.05) is 12.3 Å². The lowest BCUT2D eigenvalue weighted by molar-refractivity contribution is -0.147. The monoisotopic (exact) mass is 321 g/mol. The first-order valence-corrected chi connectivity index (χ1v) is 8.53. The molecule has 1 aromatic rings. The zero-order chi connectivity index (χ0) is 16.3. The predicted octanol–water partition coefficient (Wildman–Crippen LogP) is 3.15. The minimum atomic E-state index is -0.898. The fraction of sp³-hybridized carbons (Fsp3) is 0.529. The number of carboxylic acid groups (broad SMARTS) is 1. The van der Waals surface area contributed by atoms with E-state index in [1.807, 2.05) is 12.1 Å². The zero-order valence-corrected chi connectivity index (χ0v) is 14.2. The zero-order valence-electron chi connectivity index (χ0n) is 13.3. The standard InChI is InChI=1S/C17H23NO3S/c1-17(2,3)12-6-8-13(9-7-12)22-11-15(19)18-10-4-5-14(18)16(20)21/h6-9,14H,4-5,10-11H2,1-3H3,(H,20,21). The number of amides is 1. The molecule has 5 heteroatoms. The van der Waals surface area contributed by atoms with Crippen molar-refractivity contribution in [2.24, 2.45) is 0 Å². The number of carboxylic acids is 1. The van der Waals surface area contributed by atoms with Gasteiger partial charge in [0.15, 0.2) is 0 Å². The molecule has 1 aromatic carbocycles. The van der Waals surface area contributed by atoms with Crippen molar-refractivity contribution in [3.05, 3.63) is 29.8 Å². The van der Waals surface area contributed by atoms with E-state index in [2.05, 4.69) is 32.9 Å². The van der Waals surface area contributed by atoms with E-state index in [-0.39, 0.29) is 11.3 Å². The highest BCUT2D eigenvalue weighted by Gasteiger charge is 2.33. The molecular weight excluding hydrogens is 298 g/mol. The van der Waals surface area contributed by atoms with Crippen LogP contribution in [0.5, 0.6) is 0 Å². The molecule has 1 heterocycles. The molecule has 4 nitrogen and oxygen atoms in total. The van der Waals surface area contributed by atoms with Gasteiger partial charge in [-0.05, 0) is 36.0 Å². The summed E-state index contributed by atoms with van der Waals surface area (Å²) in [5.41, 5.74) is 1.37. The van der Waals surface area contributed by atoms with Crippen LogP contribution in [0.15, 0.2) is 29.2 Å². The molecule has 1 N–H and O–H groups in total. The molecule has 0 saturated carbocycles. The molecule has 1 fully saturated rings. The van der Waals surface area contributed by atoms with Crippen LogP contribution < -0.4 is 0 Å². The minimum absolute atomic E-state index is 0.0882. The summed E-state index contributed by atoms with van der Waals surface area (Å²) in [4.78, 5) is 25.9. The third-order valence-corrected chi connectivity index (χ3v) is 4.94. The summed E-state index contributed by atoms with van der Waals surface area (Å²) in [7, 11) is 0. The van der Waals surface area contributed by atoms with Gasteiger partial charge >= 0.3 is 5.97 Å². The van der Waals surface area contributed by atoms with Gasteiger partial charge in [-0.25, -0.2) is 4.79 Å². The molecule has 1 unspecified atom stereocenters. The van der Waals surface area contributed by atoms with Gasteiger partial charge < -0.3 is 10.0 Å². The van der Waals surface area contributed by atoms with Gasteiger partial charge in [-0.15, -0.1) is 11.8 Å². The van der Waals surface area contributed by atoms with Crippen LogP contribution in [0.4, 0.5) is 0 Å². The van der Waals surface area contributed by atoms with Crippen molar-refractivity contribution in [1.29, 1.82) is 0 Å². The Labute approximate surface area is 135 Å². The van der Waals surface area contributed by atoms with Crippen molar-refractivity contribution in [3.8, 4) is 0 Å². The molecule has 120 valence electrons. The van der Waals surface area contributed by atoms with E-state index in [0.717, 1.165) is 11.3 Å². The molecule has 0 spiro atoms. The Morgan fingerprint density at radius 2 is 1.91 bits per heavy atom. The van der Waals surface area contributed by atoms with E-state index in [9.17, 15) is 9.59 Å². The third-order valence-electron chi connectivity index (χ3n) is 3.94. The summed E-state index contributed by atoms with van der Waals surface area (Å²) in [5.74, 6) is -0.696. The SMILES string of the molecule is CC(C)(C)c1ccc(SCC(=O)N2CCCC2C(=O)O)cc1. The number of rotatable bonds is 4. The second-order valence-corrected chi connectivity index (χ2v) is 7.70. The maximum absolute atomic E-state index is 12.2. The van der Waals surface area contributed by atoms with Crippen LogP contribution >= 0.6 is 11.8 Å². The summed E-state index contributed by atoms with van der Waals surface area (Å²) < 4.78 is 0. The van der Waals surface area contributed by atoms with Gasteiger partial charge in [0.2, 0.25) is 5.91 Å². The van der Waals surface area contributed by atoms with Crippen LogP contribution in [0, 0.1) is 0 Å². The van der Waals surface area contributed by atoms with Gasteiger partial charge in [0.1, 0.15) is 6.04 Å². The molecule has 1 saturated heterocycles. The third kappa shape index (κ3) is 4.03. The van der Waals surface area contributed by atoms with Crippen LogP contribution in [0.1, 0.15) is 39.2 Å². The molecule has 1 amide bonds. The van der Waals surface area contributed by atoms with Crippen molar-refractivity contribution in [1.82, 2.24) is 4.90 Å². The fourth-order valence-corrected chi connectivity index (χ4v) is 3.39. The number of likely N-dealkylation sites (tertiary alicyclic amines) is 1. The Hall–Kier alpha value is -1.49. The second-order valence-electron chi connectivity index (χ2n) is 6.65. The lowest BCUT2D eigenvalue weighted by atomic mass is 9.87. The van der Waals surface area contributed by atoms with E-state index in [4.69, 9.17) is 5.11 Å². The quantitative estimate of drug-likeness (QED) is 0.866. The molecule has 0 bridgehead atoms. The average molecular weight is 321 g/mol. The van der Waals surface area contributed by atoms with Crippen LogP contribution in [-0.4, -0.2) is 40.2 Å². The molecule has 1 aliphatic rings. The topological polar surface area (TPSA) is 57.6 Å². The van der Waals surface area contributed by atoms with Gasteiger partial charge in [0, 0.05) is 11.4 Å². The van der Waals surface area contributed by atoms with Crippen molar-refractivity contribution >= 4 is 23.6 Å². The first-order valence-electron chi connectivity index (χ1n) is 7.54. The minimum Gasteiger partial charge on any atom is -0.480 e. The summed E-state index contributed by atoms with van der Waals surface area (Å²) in [6.45, 7) is 7.05. The average Bonchev–Trinajstić information content (AvgIpc) is 2.94. The molecule has 1 atom stereocenters. The summed E-state index contributed by atoms with van der Waals surface area (Å²) in [6, 6.07) is 7.58. The van der Waals surface area contributed by atoms with Gasteiger partial charge in [-0.3, -0.25) is 4.79 Å². The lowest BCUT2D eigenvalue weighted by Crippen LogP contribution is -2.41. The number of carbonyl (C=O) groups excluding carboxylic acids is 1. The number of carbonyl (C=O) groups is 2. The number of hydrogen-bond acceptors (Lipinski definition) is 3. The molecule has 0 aliphatic carbocycles. The van der Waals surface area contributed by atoms with Crippen LogP contribution in [0.25, 0.3) is 0 Å². The fourth-order valence-electron chi connectivity index (χ4n) is 2.60. The molecule has 2 rings (SSSR count). The Bertz CT molecular complexity index is 548. The van der Waals surface area contributed by atoms with Crippen molar-refractivity contribution < 1.29 is 14.7 Å². The van der Waals surface area contributed by atoms with Crippen molar-refractivity contribution in [2.45, 2.75) is 50.0 Å². The highest BCUT2D eigenvalue weighted by atomic mass is 32.2. The van der Waals surface area contributed by atoms with Crippen LogP contribution in [0.3, 0.4) is 0 Å². The highest BCUT2D eigenvalue weighted by Crippen LogP contribution is 2.26. The predicted molar refractivity (Wildman–Crippen MR) is 88.2 cm³/mol.